The highest BCUT2D eigenvalue weighted by Gasteiger charge is 2.32. The number of fused-ring (bicyclic) bond motifs is 1. The van der Waals surface area contributed by atoms with Crippen LogP contribution < -0.4 is 5.73 Å². The van der Waals surface area contributed by atoms with Gasteiger partial charge in [-0.2, -0.15) is 0 Å². The maximum atomic E-state index is 6.68. The summed E-state index contributed by atoms with van der Waals surface area (Å²) in [6.07, 6.45) is 5.98. The fourth-order valence-electron chi connectivity index (χ4n) is 3.29. The van der Waals surface area contributed by atoms with Crippen molar-refractivity contribution in [1.82, 2.24) is 0 Å². The molecule has 1 fully saturated rings. The van der Waals surface area contributed by atoms with Gasteiger partial charge in [0, 0.05) is 10.9 Å². The van der Waals surface area contributed by atoms with Crippen molar-refractivity contribution in [3.05, 3.63) is 35.1 Å². The van der Waals surface area contributed by atoms with Crippen LogP contribution in [0.1, 0.15) is 49.0 Å². The summed E-state index contributed by atoms with van der Waals surface area (Å²) in [4.78, 5) is 0. The van der Waals surface area contributed by atoms with Gasteiger partial charge in [0.05, 0.1) is 0 Å². The van der Waals surface area contributed by atoms with E-state index in [1.807, 2.05) is 13.0 Å². The van der Waals surface area contributed by atoms with Gasteiger partial charge in [-0.25, -0.2) is 0 Å². The summed E-state index contributed by atoms with van der Waals surface area (Å²) in [5, 5.41) is 1.25. The summed E-state index contributed by atoms with van der Waals surface area (Å²) in [6.45, 7) is 4.17. The molecule has 0 atom stereocenters. The Morgan fingerprint density at radius 2 is 1.83 bits per heavy atom. The Balaban J connectivity index is 2.22. The van der Waals surface area contributed by atoms with E-state index in [1.165, 1.54) is 35.8 Å². The molecule has 0 bridgehead atoms. The molecule has 2 aromatic rings. The number of benzene rings is 1. The minimum absolute atomic E-state index is 0.154. The lowest BCUT2D eigenvalue weighted by atomic mass is 9.76. The fourth-order valence-corrected chi connectivity index (χ4v) is 3.29. The van der Waals surface area contributed by atoms with Crippen molar-refractivity contribution in [3.63, 3.8) is 0 Å². The third kappa shape index (κ3) is 1.67. The molecule has 1 saturated carbocycles. The minimum atomic E-state index is -0.154. The molecule has 2 nitrogen and oxygen atoms in total. The van der Waals surface area contributed by atoms with Crippen LogP contribution in [0.3, 0.4) is 0 Å². The van der Waals surface area contributed by atoms with Crippen molar-refractivity contribution >= 4 is 11.0 Å². The largest absolute Gasteiger partial charge is 0.461 e. The number of hydrogen-bond acceptors (Lipinski definition) is 2. The molecule has 96 valence electrons. The number of furan rings is 1. The molecular weight excluding hydrogens is 222 g/mol. The normalized spacial score (nSPS) is 19.3. The van der Waals surface area contributed by atoms with Gasteiger partial charge in [-0.1, -0.05) is 31.4 Å². The lowest BCUT2D eigenvalue weighted by Gasteiger charge is -2.34. The van der Waals surface area contributed by atoms with Gasteiger partial charge in [-0.05, 0) is 43.9 Å². The van der Waals surface area contributed by atoms with Crippen LogP contribution in [0, 0.1) is 13.8 Å². The highest BCUT2D eigenvalue weighted by Crippen LogP contribution is 2.40. The molecule has 0 spiro atoms. The van der Waals surface area contributed by atoms with Gasteiger partial charge >= 0.3 is 0 Å². The Morgan fingerprint density at radius 3 is 2.56 bits per heavy atom. The summed E-state index contributed by atoms with van der Waals surface area (Å²) < 4.78 is 5.82. The van der Waals surface area contributed by atoms with Crippen molar-refractivity contribution in [2.45, 2.75) is 51.5 Å². The van der Waals surface area contributed by atoms with Crippen molar-refractivity contribution in [2.75, 3.05) is 0 Å². The second-order valence-corrected chi connectivity index (χ2v) is 5.68. The van der Waals surface area contributed by atoms with Gasteiger partial charge in [-0.3, -0.25) is 0 Å². The van der Waals surface area contributed by atoms with E-state index in [4.69, 9.17) is 10.2 Å². The van der Waals surface area contributed by atoms with E-state index in [0.29, 0.717) is 0 Å². The van der Waals surface area contributed by atoms with E-state index < -0.39 is 0 Å². The van der Waals surface area contributed by atoms with Crippen LogP contribution in [-0.2, 0) is 5.54 Å². The van der Waals surface area contributed by atoms with Gasteiger partial charge in [0.1, 0.15) is 11.3 Å². The zero-order valence-electron chi connectivity index (χ0n) is 11.3. The molecule has 1 aromatic heterocycles. The quantitative estimate of drug-likeness (QED) is 0.816. The van der Waals surface area contributed by atoms with Crippen LogP contribution in [0.25, 0.3) is 11.0 Å². The zero-order chi connectivity index (χ0) is 12.8. The maximum Gasteiger partial charge on any atom is 0.134 e. The Morgan fingerprint density at radius 1 is 1.11 bits per heavy atom. The lowest BCUT2D eigenvalue weighted by molar-refractivity contribution is 0.304. The molecule has 18 heavy (non-hydrogen) atoms. The molecule has 1 heterocycles. The van der Waals surface area contributed by atoms with Gasteiger partial charge in [0.25, 0.3) is 0 Å². The fraction of sp³-hybridized carbons (Fsp3) is 0.500. The summed E-state index contributed by atoms with van der Waals surface area (Å²) >= 11 is 0. The summed E-state index contributed by atoms with van der Waals surface area (Å²) in [5.74, 6) is 1.01. The third-order valence-corrected chi connectivity index (χ3v) is 4.47. The van der Waals surface area contributed by atoms with Gasteiger partial charge in [0.15, 0.2) is 0 Å². The molecule has 2 N–H and O–H groups in total. The zero-order valence-corrected chi connectivity index (χ0v) is 11.3. The molecular formula is C16H21NO. The Kier molecular flexibility index (Phi) is 2.70. The summed E-state index contributed by atoms with van der Waals surface area (Å²) in [6, 6.07) is 6.31. The van der Waals surface area contributed by atoms with E-state index in [0.717, 1.165) is 24.2 Å². The molecule has 0 unspecified atom stereocenters. The number of aryl methyl sites for hydroxylation is 2. The van der Waals surface area contributed by atoms with Crippen molar-refractivity contribution in [3.8, 4) is 0 Å². The van der Waals surface area contributed by atoms with Crippen molar-refractivity contribution in [2.24, 2.45) is 5.73 Å². The smallest absolute Gasteiger partial charge is 0.134 e. The average Bonchev–Trinajstić information content (AvgIpc) is 2.66. The number of hydrogen-bond donors (Lipinski definition) is 1. The van der Waals surface area contributed by atoms with E-state index in [1.54, 1.807) is 0 Å². The molecule has 0 saturated heterocycles. The maximum absolute atomic E-state index is 6.68. The van der Waals surface area contributed by atoms with Crippen LogP contribution in [0.2, 0.25) is 0 Å². The average molecular weight is 243 g/mol. The van der Waals surface area contributed by atoms with Crippen LogP contribution in [0.5, 0.6) is 0 Å². The van der Waals surface area contributed by atoms with Gasteiger partial charge in [0.2, 0.25) is 0 Å². The first kappa shape index (κ1) is 11.8. The molecule has 3 rings (SSSR count). The monoisotopic (exact) mass is 243 g/mol. The van der Waals surface area contributed by atoms with E-state index in [9.17, 15) is 0 Å². The molecule has 1 aliphatic rings. The topological polar surface area (TPSA) is 39.2 Å². The predicted molar refractivity (Wildman–Crippen MR) is 74.6 cm³/mol. The van der Waals surface area contributed by atoms with Gasteiger partial charge in [-0.15, -0.1) is 0 Å². The van der Waals surface area contributed by atoms with Crippen molar-refractivity contribution in [1.29, 1.82) is 0 Å². The summed E-state index contributed by atoms with van der Waals surface area (Å²) in [5.41, 5.74) is 10.0. The van der Waals surface area contributed by atoms with Crippen molar-refractivity contribution < 1.29 is 4.42 Å². The second kappa shape index (κ2) is 4.13. The SMILES string of the molecule is Cc1oc2cccc(C3(N)CCCCC3)c2c1C. The molecule has 0 amide bonds. The van der Waals surface area contributed by atoms with Crippen LogP contribution in [0.4, 0.5) is 0 Å². The first-order chi connectivity index (χ1) is 8.62. The van der Waals surface area contributed by atoms with Crippen LogP contribution in [-0.4, -0.2) is 0 Å². The lowest BCUT2D eigenvalue weighted by Crippen LogP contribution is -2.38. The third-order valence-electron chi connectivity index (χ3n) is 4.47. The standard InChI is InChI=1S/C16H21NO/c1-11-12(2)18-14-8-6-7-13(15(11)14)16(17)9-4-3-5-10-16/h6-8H,3-5,9-10,17H2,1-2H3. The number of nitrogens with two attached hydrogens (primary N) is 1. The number of rotatable bonds is 1. The molecule has 0 radical (unpaired) electrons. The van der Waals surface area contributed by atoms with Crippen LogP contribution >= 0.6 is 0 Å². The van der Waals surface area contributed by atoms with Crippen LogP contribution in [0.15, 0.2) is 22.6 Å². The first-order valence-electron chi connectivity index (χ1n) is 6.90. The minimum Gasteiger partial charge on any atom is -0.461 e. The molecule has 2 heteroatoms. The Labute approximate surface area is 108 Å². The van der Waals surface area contributed by atoms with E-state index in [2.05, 4.69) is 19.1 Å². The summed E-state index contributed by atoms with van der Waals surface area (Å²) in [7, 11) is 0. The Bertz CT molecular complexity index is 576. The highest BCUT2D eigenvalue weighted by atomic mass is 16.3. The first-order valence-corrected chi connectivity index (χ1v) is 6.90. The Hall–Kier alpha value is -1.28. The second-order valence-electron chi connectivity index (χ2n) is 5.68. The molecule has 1 aliphatic carbocycles. The van der Waals surface area contributed by atoms with E-state index >= 15 is 0 Å². The molecule has 0 aliphatic heterocycles. The highest BCUT2D eigenvalue weighted by molar-refractivity contribution is 5.86. The molecule has 1 aromatic carbocycles. The van der Waals surface area contributed by atoms with Gasteiger partial charge < -0.3 is 10.2 Å². The predicted octanol–water partition coefficient (Wildman–Crippen LogP) is 4.17. The van der Waals surface area contributed by atoms with E-state index in [-0.39, 0.29) is 5.54 Å².